The van der Waals surface area contributed by atoms with Crippen LogP contribution in [0.25, 0.3) is 5.78 Å². The van der Waals surface area contributed by atoms with Crippen molar-refractivity contribution in [1.29, 1.82) is 0 Å². The SMILES string of the molecule is Cc1cc(NCCNC(=O)CC(NC(=O)c2ccccc2)c2ccccc2)n2ncnc2n1. The van der Waals surface area contributed by atoms with Gasteiger partial charge in [0.15, 0.2) is 0 Å². The van der Waals surface area contributed by atoms with E-state index in [4.69, 9.17) is 0 Å². The van der Waals surface area contributed by atoms with Crippen LogP contribution in [-0.4, -0.2) is 44.5 Å². The van der Waals surface area contributed by atoms with E-state index in [9.17, 15) is 9.59 Å². The van der Waals surface area contributed by atoms with E-state index < -0.39 is 6.04 Å². The zero-order valence-corrected chi connectivity index (χ0v) is 18.2. The minimum absolute atomic E-state index is 0.129. The van der Waals surface area contributed by atoms with Crippen LogP contribution in [0.2, 0.25) is 0 Å². The van der Waals surface area contributed by atoms with Crippen LogP contribution in [0.4, 0.5) is 5.82 Å². The van der Waals surface area contributed by atoms with E-state index >= 15 is 0 Å². The molecule has 0 bridgehead atoms. The number of carbonyl (C=O) groups is 2. The highest BCUT2D eigenvalue weighted by atomic mass is 16.2. The molecule has 168 valence electrons. The molecule has 9 nitrogen and oxygen atoms in total. The van der Waals surface area contributed by atoms with Gasteiger partial charge in [-0.25, -0.2) is 4.98 Å². The zero-order chi connectivity index (χ0) is 23.0. The number of benzene rings is 2. The van der Waals surface area contributed by atoms with Gasteiger partial charge in [0.2, 0.25) is 5.91 Å². The van der Waals surface area contributed by atoms with Gasteiger partial charge in [-0.15, -0.1) is 0 Å². The van der Waals surface area contributed by atoms with Gasteiger partial charge >= 0.3 is 0 Å². The molecule has 0 aliphatic carbocycles. The smallest absolute Gasteiger partial charge is 0.254 e. The summed E-state index contributed by atoms with van der Waals surface area (Å²) in [5.74, 6) is 0.891. The van der Waals surface area contributed by atoms with Crippen molar-refractivity contribution in [3.8, 4) is 0 Å². The van der Waals surface area contributed by atoms with Gasteiger partial charge in [0.25, 0.3) is 11.7 Å². The molecule has 2 heterocycles. The molecule has 0 fully saturated rings. The third-order valence-corrected chi connectivity index (χ3v) is 5.07. The molecule has 2 aromatic carbocycles. The van der Waals surface area contributed by atoms with Crippen LogP contribution < -0.4 is 16.0 Å². The quantitative estimate of drug-likeness (QED) is 0.343. The first-order valence-electron chi connectivity index (χ1n) is 10.7. The van der Waals surface area contributed by atoms with E-state index in [0.29, 0.717) is 24.4 Å². The molecule has 1 unspecified atom stereocenters. The Bertz CT molecular complexity index is 1230. The highest BCUT2D eigenvalue weighted by Gasteiger charge is 2.19. The Hall–Kier alpha value is -4.27. The Morgan fingerprint density at radius 3 is 2.48 bits per heavy atom. The third kappa shape index (κ3) is 5.70. The van der Waals surface area contributed by atoms with Crippen LogP contribution >= 0.6 is 0 Å². The molecule has 1 atom stereocenters. The molecule has 0 saturated carbocycles. The molecule has 4 aromatic rings. The highest BCUT2D eigenvalue weighted by molar-refractivity contribution is 5.94. The van der Waals surface area contributed by atoms with Crippen LogP contribution in [0.15, 0.2) is 73.1 Å². The van der Waals surface area contributed by atoms with Crippen LogP contribution in [0.3, 0.4) is 0 Å². The molecule has 4 rings (SSSR count). The second-order valence-corrected chi connectivity index (χ2v) is 7.54. The Morgan fingerprint density at radius 1 is 1.00 bits per heavy atom. The summed E-state index contributed by atoms with van der Waals surface area (Å²) in [6.07, 6.45) is 1.58. The lowest BCUT2D eigenvalue weighted by Gasteiger charge is -2.19. The monoisotopic (exact) mass is 443 g/mol. The van der Waals surface area contributed by atoms with Gasteiger partial charge < -0.3 is 16.0 Å². The molecular weight excluding hydrogens is 418 g/mol. The van der Waals surface area contributed by atoms with Gasteiger partial charge in [-0.3, -0.25) is 9.59 Å². The van der Waals surface area contributed by atoms with E-state index in [2.05, 4.69) is 31.0 Å². The number of anilines is 1. The number of rotatable bonds is 9. The number of hydrogen-bond donors (Lipinski definition) is 3. The van der Waals surface area contributed by atoms with Gasteiger partial charge in [0.1, 0.15) is 12.1 Å². The fourth-order valence-corrected chi connectivity index (χ4v) is 3.48. The summed E-state index contributed by atoms with van der Waals surface area (Å²) in [7, 11) is 0. The molecule has 3 N–H and O–H groups in total. The molecule has 9 heteroatoms. The van der Waals surface area contributed by atoms with Crippen molar-refractivity contribution >= 4 is 23.4 Å². The van der Waals surface area contributed by atoms with Gasteiger partial charge in [-0.05, 0) is 24.6 Å². The molecule has 0 spiro atoms. The van der Waals surface area contributed by atoms with Gasteiger partial charge in [-0.1, -0.05) is 48.5 Å². The molecule has 2 aromatic heterocycles. The van der Waals surface area contributed by atoms with E-state index in [1.54, 1.807) is 16.6 Å². The Kier molecular flexibility index (Phi) is 6.89. The number of fused-ring (bicyclic) bond motifs is 1. The number of aryl methyl sites for hydroxylation is 1. The van der Waals surface area contributed by atoms with Crippen molar-refractivity contribution in [3.05, 3.63) is 89.9 Å². The fraction of sp³-hybridized carbons (Fsp3) is 0.208. The molecule has 0 radical (unpaired) electrons. The second kappa shape index (κ2) is 10.4. The van der Waals surface area contributed by atoms with Crippen LogP contribution in [0, 0.1) is 6.92 Å². The van der Waals surface area contributed by atoms with Gasteiger partial charge in [0, 0.05) is 30.4 Å². The van der Waals surface area contributed by atoms with E-state index in [0.717, 1.165) is 17.1 Å². The van der Waals surface area contributed by atoms with Crippen molar-refractivity contribution in [1.82, 2.24) is 30.2 Å². The van der Waals surface area contributed by atoms with E-state index in [1.807, 2.05) is 61.5 Å². The molecule has 33 heavy (non-hydrogen) atoms. The Balaban J connectivity index is 1.34. The van der Waals surface area contributed by atoms with Crippen molar-refractivity contribution in [2.75, 3.05) is 18.4 Å². The maximum Gasteiger partial charge on any atom is 0.254 e. The lowest BCUT2D eigenvalue weighted by Crippen LogP contribution is -2.35. The van der Waals surface area contributed by atoms with E-state index in [1.165, 1.54) is 6.33 Å². The Labute approximate surface area is 191 Å². The number of aromatic nitrogens is 4. The maximum absolute atomic E-state index is 12.7. The number of carbonyl (C=O) groups excluding carboxylic acids is 2. The topological polar surface area (TPSA) is 113 Å². The first kappa shape index (κ1) is 21.9. The predicted octanol–water partition coefficient (Wildman–Crippen LogP) is 2.52. The van der Waals surface area contributed by atoms with Gasteiger partial charge in [-0.2, -0.15) is 14.6 Å². The van der Waals surface area contributed by atoms with Crippen LogP contribution in [-0.2, 0) is 4.79 Å². The van der Waals surface area contributed by atoms with Crippen molar-refractivity contribution < 1.29 is 9.59 Å². The van der Waals surface area contributed by atoms with Crippen LogP contribution in [0.5, 0.6) is 0 Å². The fourth-order valence-electron chi connectivity index (χ4n) is 3.48. The standard InChI is InChI=1S/C24H25N7O2/c1-17-14-21(31-24(29-17)27-16-28-31)25-12-13-26-22(32)15-20(18-8-4-2-5-9-18)30-23(33)19-10-6-3-7-11-19/h2-11,14,16,20,25H,12-13,15H2,1H3,(H,26,32)(H,30,33). The number of nitrogens with zero attached hydrogens (tertiary/aromatic N) is 4. The largest absolute Gasteiger partial charge is 0.368 e. The minimum Gasteiger partial charge on any atom is -0.368 e. The zero-order valence-electron chi connectivity index (χ0n) is 18.2. The summed E-state index contributed by atoms with van der Waals surface area (Å²) in [5.41, 5.74) is 2.24. The van der Waals surface area contributed by atoms with Crippen molar-refractivity contribution in [2.45, 2.75) is 19.4 Å². The summed E-state index contributed by atoms with van der Waals surface area (Å²) in [4.78, 5) is 33.7. The number of amides is 2. The summed E-state index contributed by atoms with van der Waals surface area (Å²) in [6, 6.07) is 19.9. The normalized spacial score (nSPS) is 11.7. The van der Waals surface area contributed by atoms with E-state index in [-0.39, 0.29) is 18.2 Å². The summed E-state index contributed by atoms with van der Waals surface area (Å²) in [5, 5.41) is 13.3. The average Bonchev–Trinajstić information content (AvgIpc) is 3.31. The maximum atomic E-state index is 12.7. The molecule has 2 amide bonds. The first-order valence-corrected chi connectivity index (χ1v) is 10.7. The molecule has 0 aliphatic rings. The minimum atomic E-state index is -0.440. The molecule has 0 saturated heterocycles. The predicted molar refractivity (Wildman–Crippen MR) is 125 cm³/mol. The second-order valence-electron chi connectivity index (χ2n) is 7.54. The lowest BCUT2D eigenvalue weighted by molar-refractivity contribution is -0.121. The average molecular weight is 444 g/mol. The van der Waals surface area contributed by atoms with Crippen LogP contribution in [0.1, 0.15) is 34.1 Å². The third-order valence-electron chi connectivity index (χ3n) is 5.07. The summed E-state index contributed by atoms with van der Waals surface area (Å²) in [6.45, 7) is 2.79. The number of nitrogens with one attached hydrogen (secondary N) is 3. The summed E-state index contributed by atoms with van der Waals surface area (Å²) < 4.78 is 1.61. The summed E-state index contributed by atoms with van der Waals surface area (Å²) >= 11 is 0. The van der Waals surface area contributed by atoms with Crippen molar-refractivity contribution in [3.63, 3.8) is 0 Å². The highest BCUT2D eigenvalue weighted by Crippen LogP contribution is 2.17. The van der Waals surface area contributed by atoms with Gasteiger partial charge in [0.05, 0.1) is 12.5 Å². The lowest BCUT2D eigenvalue weighted by atomic mass is 10.0. The Morgan fingerprint density at radius 2 is 1.73 bits per heavy atom. The molecule has 0 aliphatic heterocycles. The first-order chi connectivity index (χ1) is 16.1. The number of hydrogen-bond acceptors (Lipinski definition) is 6. The van der Waals surface area contributed by atoms with Crippen molar-refractivity contribution in [2.24, 2.45) is 0 Å². The molecular formula is C24H25N7O2.